The van der Waals surface area contributed by atoms with Gasteiger partial charge in [-0.15, -0.1) is 0 Å². The summed E-state index contributed by atoms with van der Waals surface area (Å²) >= 11 is 5.85. The van der Waals surface area contributed by atoms with E-state index < -0.39 is 15.9 Å². The van der Waals surface area contributed by atoms with Gasteiger partial charge in [-0.1, -0.05) is 41.9 Å². The molecule has 3 rings (SSSR count). The maximum atomic E-state index is 12.2. The summed E-state index contributed by atoms with van der Waals surface area (Å²) in [4.78, 5) is 25.7. The van der Waals surface area contributed by atoms with Crippen molar-refractivity contribution in [3.63, 3.8) is 0 Å². The molecule has 1 N–H and O–H groups in total. The molecule has 1 heterocycles. The van der Waals surface area contributed by atoms with E-state index >= 15 is 0 Å². The zero-order chi connectivity index (χ0) is 18.7. The Morgan fingerprint density at radius 3 is 2.65 bits per heavy atom. The van der Waals surface area contributed by atoms with Gasteiger partial charge in [-0.3, -0.25) is 14.3 Å². The summed E-state index contributed by atoms with van der Waals surface area (Å²) in [5, 5.41) is 0.416. The number of anilines is 1. The Hall–Kier alpha value is -2.38. The van der Waals surface area contributed by atoms with Crippen molar-refractivity contribution >= 4 is 39.1 Å². The lowest BCUT2D eigenvalue weighted by molar-refractivity contribution is -0.123. The number of carbonyl (C=O) groups excluding carboxylic acids is 2. The minimum Gasteiger partial charge on any atom is -0.303 e. The molecule has 0 aromatic heterocycles. The largest absolute Gasteiger partial charge is 0.303 e. The number of hydrogen-bond donors (Lipinski definition) is 1. The number of carbonyl (C=O) groups is 2. The summed E-state index contributed by atoms with van der Waals surface area (Å²) in [6, 6.07) is 13.7. The average molecular weight is 393 g/mol. The van der Waals surface area contributed by atoms with Gasteiger partial charge in [0.15, 0.2) is 0 Å². The van der Waals surface area contributed by atoms with Gasteiger partial charge in [0.2, 0.25) is 15.9 Å². The molecular formula is C18H17ClN2O4S. The Morgan fingerprint density at radius 2 is 1.88 bits per heavy atom. The summed E-state index contributed by atoms with van der Waals surface area (Å²) in [5.41, 5.74) is 2.07. The van der Waals surface area contributed by atoms with Crippen molar-refractivity contribution in [2.75, 3.05) is 11.4 Å². The smallest absolute Gasteiger partial charge is 0.253 e. The third kappa shape index (κ3) is 4.42. The quantitative estimate of drug-likeness (QED) is 0.846. The van der Waals surface area contributed by atoms with E-state index in [1.54, 1.807) is 30.3 Å². The molecule has 0 radical (unpaired) electrons. The van der Waals surface area contributed by atoms with Crippen LogP contribution >= 0.6 is 11.6 Å². The van der Waals surface area contributed by atoms with E-state index in [2.05, 4.69) is 0 Å². The van der Waals surface area contributed by atoms with Crippen LogP contribution in [0.2, 0.25) is 5.02 Å². The van der Waals surface area contributed by atoms with Crippen molar-refractivity contribution in [1.29, 1.82) is 0 Å². The van der Waals surface area contributed by atoms with Crippen molar-refractivity contribution < 1.29 is 18.0 Å². The average Bonchev–Trinajstić information content (AvgIpc) is 2.56. The Morgan fingerprint density at radius 1 is 1.12 bits per heavy atom. The van der Waals surface area contributed by atoms with Gasteiger partial charge >= 0.3 is 0 Å². The molecular weight excluding hydrogens is 376 g/mol. The normalized spacial score (nSPS) is 14.0. The number of benzene rings is 2. The highest BCUT2D eigenvalue weighted by molar-refractivity contribution is 7.89. The topological polar surface area (TPSA) is 83.6 Å². The van der Waals surface area contributed by atoms with Crippen LogP contribution in [0.5, 0.6) is 0 Å². The highest BCUT2D eigenvalue weighted by atomic mass is 35.5. The number of rotatable bonds is 5. The van der Waals surface area contributed by atoms with Crippen LogP contribution in [0.15, 0.2) is 48.5 Å². The summed E-state index contributed by atoms with van der Waals surface area (Å²) in [5.74, 6) is -1.33. The molecule has 0 bridgehead atoms. The molecule has 6 nitrogen and oxygen atoms in total. The lowest BCUT2D eigenvalue weighted by Gasteiger charge is -2.28. The van der Waals surface area contributed by atoms with Crippen LogP contribution in [-0.2, 0) is 31.8 Å². The van der Waals surface area contributed by atoms with Crippen LogP contribution < -0.4 is 9.62 Å². The van der Waals surface area contributed by atoms with Gasteiger partial charge in [-0.25, -0.2) is 8.42 Å². The van der Waals surface area contributed by atoms with E-state index in [-0.39, 0.29) is 18.2 Å². The molecule has 0 saturated carbocycles. The lowest BCUT2D eigenvalue weighted by Crippen LogP contribution is -2.44. The van der Waals surface area contributed by atoms with Crippen molar-refractivity contribution in [1.82, 2.24) is 4.72 Å². The van der Waals surface area contributed by atoms with E-state index in [9.17, 15) is 18.0 Å². The first-order chi connectivity index (χ1) is 12.3. The number of aryl methyl sites for hydroxylation is 1. The first kappa shape index (κ1) is 18.4. The van der Waals surface area contributed by atoms with Crippen molar-refractivity contribution in [3.05, 3.63) is 64.7 Å². The van der Waals surface area contributed by atoms with Crippen LogP contribution in [0, 0.1) is 0 Å². The second-order valence-electron chi connectivity index (χ2n) is 6.02. The Kier molecular flexibility index (Phi) is 5.29. The number of amides is 2. The zero-order valence-electron chi connectivity index (χ0n) is 13.8. The van der Waals surface area contributed by atoms with Crippen LogP contribution in [0.1, 0.15) is 17.5 Å². The highest BCUT2D eigenvalue weighted by Crippen LogP contribution is 2.27. The van der Waals surface area contributed by atoms with Gasteiger partial charge in [0.1, 0.15) is 6.54 Å². The minimum atomic E-state index is -3.89. The minimum absolute atomic E-state index is 0.203. The lowest BCUT2D eigenvalue weighted by atomic mass is 10.0. The maximum absolute atomic E-state index is 12.2. The summed E-state index contributed by atoms with van der Waals surface area (Å²) in [7, 11) is -3.89. The fourth-order valence-electron chi connectivity index (χ4n) is 2.90. The van der Waals surface area contributed by atoms with Gasteiger partial charge in [0.05, 0.1) is 5.75 Å². The predicted octanol–water partition coefficient (Wildman–Crippen LogP) is 2.27. The van der Waals surface area contributed by atoms with E-state index in [0.29, 0.717) is 29.1 Å². The van der Waals surface area contributed by atoms with Gasteiger partial charge in [0, 0.05) is 17.1 Å². The van der Waals surface area contributed by atoms with Gasteiger partial charge in [-0.05, 0) is 35.7 Å². The predicted molar refractivity (Wildman–Crippen MR) is 99.3 cm³/mol. The monoisotopic (exact) mass is 392 g/mol. The molecule has 0 aliphatic carbocycles. The zero-order valence-corrected chi connectivity index (χ0v) is 15.4. The molecule has 8 heteroatoms. The van der Waals surface area contributed by atoms with E-state index in [1.807, 2.05) is 16.9 Å². The molecule has 0 fully saturated rings. The number of halogens is 1. The fourth-order valence-corrected chi connectivity index (χ4v) is 4.22. The number of para-hydroxylation sites is 1. The summed E-state index contributed by atoms with van der Waals surface area (Å²) in [6.07, 6.45) is 0.903. The van der Waals surface area contributed by atoms with E-state index in [0.717, 1.165) is 5.56 Å². The van der Waals surface area contributed by atoms with Crippen molar-refractivity contribution in [2.45, 2.75) is 18.6 Å². The standard InChI is InChI=1S/C18H17ClN2O4S/c19-15-6-3-4-13(10-15)12-26(24,25)20-17(22)11-21-16-7-2-1-5-14(16)8-9-18(21)23/h1-7,10H,8-9,11-12H2,(H,20,22). The first-order valence-corrected chi connectivity index (χ1v) is 10.0. The number of fused-ring (bicyclic) bond motifs is 1. The Bertz CT molecular complexity index is 959. The molecule has 0 saturated heterocycles. The first-order valence-electron chi connectivity index (χ1n) is 8.00. The Balaban J connectivity index is 1.69. The number of nitrogens with zero attached hydrogens (tertiary/aromatic N) is 1. The van der Waals surface area contributed by atoms with E-state index in [4.69, 9.17) is 11.6 Å². The van der Waals surface area contributed by atoms with Gasteiger partial charge in [0.25, 0.3) is 5.91 Å². The van der Waals surface area contributed by atoms with Crippen LogP contribution in [-0.4, -0.2) is 26.8 Å². The molecule has 2 amide bonds. The molecule has 0 unspecified atom stereocenters. The third-order valence-electron chi connectivity index (χ3n) is 4.01. The summed E-state index contributed by atoms with van der Waals surface area (Å²) < 4.78 is 26.4. The molecule has 2 aromatic rings. The third-order valence-corrected chi connectivity index (χ3v) is 5.50. The van der Waals surface area contributed by atoms with Crippen LogP contribution in [0.3, 0.4) is 0 Å². The number of sulfonamides is 1. The molecule has 2 aromatic carbocycles. The fraction of sp³-hybridized carbons (Fsp3) is 0.222. The molecule has 1 aliphatic rings. The van der Waals surface area contributed by atoms with Gasteiger partial charge < -0.3 is 4.90 Å². The van der Waals surface area contributed by atoms with Gasteiger partial charge in [-0.2, -0.15) is 0 Å². The summed E-state index contributed by atoms with van der Waals surface area (Å²) in [6.45, 7) is -0.343. The molecule has 0 spiro atoms. The SMILES string of the molecule is O=C(CN1C(=O)CCc2ccccc21)NS(=O)(=O)Cc1cccc(Cl)c1. The van der Waals surface area contributed by atoms with Crippen molar-refractivity contribution in [3.8, 4) is 0 Å². The molecule has 0 atom stereocenters. The van der Waals surface area contributed by atoms with Crippen LogP contribution in [0.4, 0.5) is 5.69 Å². The molecule has 1 aliphatic heterocycles. The number of hydrogen-bond acceptors (Lipinski definition) is 4. The Labute approximate surface area is 156 Å². The second kappa shape index (κ2) is 7.47. The molecule has 26 heavy (non-hydrogen) atoms. The maximum Gasteiger partial charge on any atom is 0.253 e. The van der Waals surface area contributed by atoms with Crippen molar-refractivity contribution in [2.24, 2.45) is 0 Å². The highest BCUT2D eigenvalue weighted by Gasteiger charge is 2.27. The second-order valence-corrected chi connectivity index (χ2v) is 8.18. The molecule has 136 valence electrons. The van der Waals surface area contributed by atoms with E-state index in [1.165, 1.54) is 11.0 Å². The van der Waals surface area contributed by atoms with Crippen LogP contribution in [0.25, 0.3) is 0 Å². The number of nitrogens with one attached hydrogen (secondary N) is 1.